The number of hydrogen-bond acceptors (Lipinski definition) is 4. The normalized spacial score (nSPS) is 16.5. The number of amides is 1. The standard InChI is InChI=1S/C20H23NO3S/c1-25-18-9-7-17(8-10-18)20(23)11-13-21(14-12-20)19(22)24-15-16-5-3-2-4-6-16/h2-10,23H,11-15H2,1H3. The van der Waals surface area contributed by atoms with E-state index in [2.05, 4.69) is 0 Å². The fraction of sp³-hybridized carbons (Fsp3) is 0.350. The fourth-order valence-corrected chi connectivity index (χ4v) is 3.47. The van der Waals surface area contributed by atoms with E-state index in [4.69, 9.17) is 4.74 Å². The maximum atomic E-state index is 12.2. The molecule has 132 valence electrons. The minimum Gasteiger partial charge on any atom is -0.445 e. The third kappa shape index (κ3) is 4.35. The van der Waals surface area contributed by atoms with Gasteiger partial charge in [0.1, 0.15) is 6.61 Å². The zero-order valence-electron chi connectivity index (χ0n) is 14.4. The first kappa shape index (κ1) is 17.8. The number of hydrogen-bond donors (Lipinski definition) is 1. The van der Waals surface area contributed by atoms with Gasteiger partial charge in [-0.05, 0) is 42.4 Å². The molecule has 2 aromatic carbocycles. The number of aliphatic hydroxyl groups is 1. The number of thioether (sulfide) groups is 1. The molecule has 1 aliphatic rings. The number of carbonyl (C=O) groups is 1. The molecule has 1 aliphatic heterocycles. The van der Waals surface area contributed by atoms with Gasteiger partial charge in [0.05, 0.1) is 5.60 Å². The van der Waals surface area contributed by atoms with Gasteiger partial charge >= 0.3 is 6.09 Å². The molecule has 0 atom stereocenters. The number of carbonyl (C=O) groups excluding carboxylic acids is 1. The molecule has 0 bridgehead atoms. The molecule has 1 saturated heterocycles. The Hall–Kier alpha value is -1.98. The number of rotatable bonds is 4. The van der Waals surface area contributed by atoms with Crippen LogP contribution in [0.3, 0.4) is 0 Å². The molecule has 2 aromatic rings. The first-order valence-corrected chi connectivity index (χ1v) is 9.66. The van der Waals surface area contributed by atoms with Crippen molar-refractivity contribution >= 4 is 17.9 Å². The monoisotopic (exact) mass is 357 g/mol. The van der Waals surface area contributed by atoms with Crippen molar-refractivity contribution in [3.8, 4) is 0 Å². The number of piperidine rings is 1. The lowest BCUT2D eigenvalue weighted by Crippen LogP contribution is -2.45. The van der Waals surface area contributed by atoms with Crippen molar-refractivity contribution in [2.75, 3.05) is 19.3 Å². The molecule has 25 heavy (non-hydrogen) atoms. The SMILES string of the molecule is CSc1ccc(C2(O)CCN(C(=O)OCc3ccccc3)CC2)cc1. The van der Waals surface area contributed by atoms with Crippen LogP contribution in [0.5, 0.6) is 0 Å². The predicted molar refractivity (Wildman–Crippen MR) is 99.6 cm³/mol. The van der Waals surface area contributed by atoms with Gasteiger partial charge in [0.25, 0.3) is 0 Å². The maximum Gasteiger partial charge on any atom is 0.410 e. The first-order valence-electron chi connectivity index (χ1n) is 8.43. The van der Waals surface area contributed by atoms with Crippen molar-refractivity contribution < 1.29 is 14.6 Å². The van der Waals surface area contributed by atoms with Crippen molar-refractivity contribution in [2.45, 2.75) is 29.9 Å². The summed E-state index contributed by atoms with van der Waals surface area (Å²) in [4.78, 5) is 15.1. The highest BCUT2D eigenvalue weighted by Crippen LogP contribution is 2.33. The Kier molecular flexibility index (Phi) is 5.66. The second-order valence-electron chi connectivity index (χ2n) is 6.29. The van der Waals surface area contributed by atoms with Crippen LogP contribution in [-0.2, 0) is 16.9 Å². The molecule has 0 spiro atoms. The Morgan fingerprint density at radius 3 is 2.36 bits per heavy atom. The molecule has 0 unspecified atom stereocenters. The van der Waals surface area contributed by atoms with E-state index >= 15 is 0 Å². The van der Waals surface area contributed by atoms with E-state index in [1.54, 1.807) is 16.7 Å². The van der Waals surface area contributed by atoms with E-state index in [1.165, 1.54) is 4.90 Å². The number of likely N-dealkylation sites (tertiary alicyclic amines) is 1. The van der Waals surface area contributed by atoms with Crippen LogP contribution in [-0.4, -0.2) is 35.4 Å². The maximum absolute atomic E-state index is 12.2. The Balaban J connectivity index is 1.54. The number of benzene rings is 2. The summed E-state index contributed by atoms with van der Waals surface area (Å²) in [7, 11) is 0. The molecule has 0 aromatic heterocycles. The van der Waals surface area contributed by atoms with E-state index in [1.807, 2.05) is 60.9 Å². The smallest absolute Gasteiger partial charge is 0.410 e. The molecule has 3 rings (SSSR count). The molecule has 0 aliphatic carbocycles. The molecule has 1 N–H and O–H groups in total. The van der Waals surface area contributed by atoms with Gasteiger partial charge in [-0.1, -0.05) is 42.5 Å². The predicted octanol–water partition coefficient (Wildman–Crippen LogP) is 4.03. The summed E-state index contributed by atoms with van der Waals surface area (Å²) < 4.78 is 5.37. The summed E-state index contributed by atoms with van der Waals surface area (Å²) in [6.45, 7) is 1.26. The average molecular weight is 357 g/mol. The van der Waals surface area contributed by atoms with Gasteiger partial charge in [-0.3, -0.25) is 0 Å². The molecule has 0 radical (unpaired) electrons. The highest BCUT2D eigenvalue weighted by atomic mass is 32.2. The van der Waals surface area contributed by atoms with Crippen molar-refractivity contribution in [3.05, 3.63) is 65.7 Å². The molecular formula is C20H23NO3S. The van der Waals surface area contributed by atoms with Crippen molar-refractivity contribution in [1.29, 1.82) is 0 Å². The summed E-state index contributed by atoms with van der Waals surface area (Å²) in [6.07, 6.45) is 2.75. The highest BCUT2D eigenvalue weighted by molar-refractivity contribution is 7.98. The van der Waals surface area contributed by atoms with Crippen molar-refractivity contribution in [1.82, 2.24) is 4.90 Å². The molecule has 5 heteroatoms. The Morgan fingerprint density at radius 2 is 1.76 bits per heavy atom. The summed E-state index contributed by atoms with van der Waals surface area (Å²) in [5.41, 5.74) is 1.02. The van der Waals surface area contributed by atoms with Gasteiger partial charge in [-0.2, -0.15) is 0 Å². The minimum absolute atomic E-state index is 0.274. The molecule has 1 heterocycles. The van der Waals surface area contributed by atoms with Crippen LogP contribution in [0.25, 0.3) is 0 Å². The Morgan fingerprint density at radius 1 is 1.12 bits per heavy atom. The van der Waals surface area contributed by atoms with Crippen LogP contribution in [0.4, 0.5) is 4.79 Å². The Bertz CT molecular complexity index is 695. The van der Waals surface area contributed by atoms with E-state index in [9.17, 15) is 9.90 Å². The van der Waals surface area contributed by atoms with Crippen LogP contribution in [0.1, 0.15) is 24.0 Å². The van der Waals surface area contributed by atoms with Crippen molar-refractivity contribution in [2.24, 2.45) is 0 Å². The lowest BCUT2D eigenvalue weighted by atomic mass is 9.84. The van der Waals surface area contributed by atoms with Crippen LogP contribution in [0.15, 0.2) is 59.5 Å². The van der Waals surface area contributed by atoms with Gasteiger partial charge in [-0.25, -0.2) is 4.79 Å². The quantitative estimate of drug-likeness (QED) is 0.840. The van der Waals surface area contributed by atoms with Gasteiger partial charge < -0.3 is 14.7 Å². The Labute approximate surface area is 152 Å². The molecule has 1 amide bonds. The van der Waals surface area contributed by atoms with E-state index in [-0.39, 0.29) is 12.7 Å². The summed E-state index contributed by atoms with van der Waals surface area (Å²) in [6, 6.07) is 17.7. The molecule has 0 saturated carbocycles. The second-order valence-corrected chi connectivity index (χ2v) is 7.17. The summed E-state index contributed by atoms with van der Waals surface area (Å²) in [5.74, 6) is 0. The zero-order chi connectivity index (χ0) is 17.7. The molecule has 4 nitrogen and oxygen atoms in total. The fourth-order valence-electron chi connectivity index (χ4n) is 3.06. The van der Waals surface area contributed by atoms with Gasteiger partial charge in [0.2, 0.25) is 0 Å². The van der Waals surface area contributed by atoms with Gasteiger partial charge in [0, 0.05) is 18.0 Å². The van der Waals surface area contributed by atoms with E-state index < -0.39 is 5.60 Å². The zero-order valence-corrected chi connectivity index (χ0v) is 15.2. The van der Waals surface area contributed by atoms with Crippen LogP contribution < -0.4 is 0 Å². The highest BCUT2D eigenvalue weighted by Gasteiger charge is 2.35. The molecule has 1 fully saturated rings. The molecular weight excluding hydrogens is 334 g/mol. The third-order valence-corrected chi connectivity index (χ3v) is 5.42. The second kappa shape index (κ2) is 7.93. The first-order chi connectivity index (χ1) is 12.1. The van der Waals surface area contributed by atoms with Crippen LogP contribution >= 0.6 is 11.8 Å². The summed E-state index contributed by atoms with van der Waals surface area (Å²) >= 11 is 1.68. The number of ether oxygens (including phenoxy) is 1. The average Bonchev–Trinajstić information content (AvgIpc) is 2.67. The van der Waals surface area contributed by atoms with Crippen LogP contribution in [0, 0.1) is 0 Å². The number of nitrogens with zero attached hydrogens (tertiary/aromatic N) is 1. The van der Waals surface area contributed by atoms with Gasteiger partial charge in [-0.15, -0.1) is 11.8 Å². The largest absolute Gasteiger partial charge is 0.445 e. The lowest BCUT2D eigenvalue weighted by Gasteiger charge is -2.38. The summed E-state index contributed by atoms with van der Waals surface area (Å²) in [5, 5.41) is 10.9. The van der Waals surface area contributed by atoms with E-state index in [0.29, 0.717) is 25.9 Å². The van der Waals surface area contributed by atoms with E-state index in [0.717, 1.165) is 11.1 Å². The van der Waals surface area contributed by atoms with Gasteiger partial charge in [0.15, 0.2) is 0 Å². The van der Waals surface area contributed by atoms with Crippen LogP contribution in [0.2, 0.25) is 0 Å². The van der Waals surface area contributed by atoms with Crippen molar-refractivity contribution in [3.63, 3.8) is 0 Å². The third-order valence-electron chi connectivity index (χ3n) is 4.68. The lowest BCUT2D eigenvalue weighted by molar-refractivity contribution is -0.0255. The topological polar surface area (TPSA) is 49.8 Å². The minimum atomic E-state index is -0.868.